The molecule has 1 aliphatic rings. The molecule has 0 N–H and O–H groups in total. The fourth-order valence-electron chi connectivity index (χ4n) is 5.90. The van der Waals surface area contributed by atoms with Crippen molar-refractivity contribution in [1.29, 1.82) is 0 Å². The molecule has 1 aromatic heterocycles. The van der Waals surface area contributed by atoms with E-state index < -0.39 is 0 Å². The molecule has 6 aromatic carbocycles. The summed E-state index contributed by atoms with van der Waals surface area (Å²) in [6.07, 6.45) is 0. The smallest absolute Gasteiger partial charge is 0.120 e. The lowest BCUT2D eigenvalue weighted by atomic mass is 10.0. The highest BCUT2D eigenvalue weighted by atomic mass is 32.2. The van der Waals surface area contributed by atoms with Gasteiger partial charge in [-0.15, -0.1) is 0 Å². The molecule has 0 bridgehead atoms. The van der Waals surface area contributed by atoms with E-state index in [2.05, 4.69) is 156 Å². The van der Waals surface area contributed by atoms with Gasteiger partial charge in [0, 0.05) is 26.3 Å². The van der Waals surface area contributed by atoms with Gasteiger partial charge in [0.1, 0.15) is 4.08 Å². The predicted octanol–water partition coefficient (Wildman–Crippen LogP) is 10.5. The molecule has 40 heavy (non-hydrogen) atoms. The number of nitrogens with zero attached hydrogens (tertiary/aromatic N) is 1. The molecule has 0 aliphatic carbocycles. The van der Waals surface area contributed by atoms with Crippen LogP contribution in [0.1, 0.15) is 11.1 Å². The third-order valence-electron chi connectivity index (χ3n) is 7.80. The number of aromatic nitrogens is 1. The molecule has 0 saturated heterocycles. The van der Waals surface area contributed by atoms with Crippen molar-refractivity contribution in [1.82, 2.24) is 4.57 Å². The second-order valence-corrected chi connectivity index (χ2v) is 12.9. The molecule has 0 fully saturated rings. The summed E-state index contributed by atoms with van der Waals surface area (Å²) in [6.45, 7) is 0. The van der Waals surface area contributed by atoms with E-state index in [0.29, 0.717) is 0 Å². The first-order chi connectivity index (χ1) is 19.8. The molecule has 8 rings (SSSR count). The second kappa shape index (κ2) is 9.48. The van der Waals surface area contributed by atoms with Gasteiger partial charge < -0.3 is 4.57 Å². The van der Waals surface area contributed by atoms with Crippen molar-refractivity contribution in [2.24, 2.45) is 0 Å². The van der Waals surface area contributed by atoms with Crippen molar-refractivity contribution in [3.8, 4) is 16.8 Å². The summed E-state index contributed by atoms with van der Waals surface area (Å²) in [5.74, 6) is 0. The minimum absolute atomic E-state index is 0.236. The third-order valence-corrected chi connectivity index (χ3v) is 11.1. The lowest BCUT2D eigenvalue weighted by molar-refractivity contribution is 1.08. The van der Waals surface area contributed by atoms with E-state index in [1.54, 1.807) is 0 Å². The minimum atomic E-state index is -0.236. The summed E-state index contributed by atoms with van der Waals surface area (Å²) in [4.78, 5) is 2.69. The zero-order chi connectivity index (χ0) is 26.5. The highest BCUT2D eigenvalue weighted by Crippen LogP contribution is 2.64. The number of benzene rings is 6. The van der Waals surface area contributed by atoms with Crippen LogP contribution in [-0.2, 0) is 4.08 Å². The quantitative estimate of drug-likeness (QED) is 0.216. The first kappa shape index (κ1) is 23.7. The van der Waals surface area contributed by atoms with Crippen LogP contribution in [0.25, 0.3) is 38.6 Å². The maximum absolute atomic E-state index is 2.44. The van der Waals surface area contributed by atoms with Crippen molar-refractivity contribution in [2.75, 3.05) is 0 Å². The highest BCUT2D eigenvalue weighted by Gasteiger charge is 2.42. The number of fused-ring (bicyclic) bond motifs is 4. The summed E-state index contributed by atoms with van der Waals surface area (Å²) in [6, 6.07) is 55.2. The lowest BCUT2D eigenvalue weighted by Gasteiger charge is -2.28. The summed E-state index contributed by atoms with van der Waals surface area (Å²) >= 11 is 3.93. The third kappa shape index (κ3) is 3.73. The van der Waals surface area contributed by atoms with Gasteiger partial charge in [0.25, 0.3) is 0 Å². The Morgan fingerprint density at radius 3 is 1.73 bits per heavy atom. The van der Waals surface area contributed by atoms with Crippen molar-refractivity contribution in [3.63, 3.8) is 0 Å². The van der Waals surface area contributed by atoms with Crippen LogP contribution < -0.4 is 0 Å². The molecule has 0 saturated carbocycles. The fourth-order valence-corrected chi connectivity index (χ4v) is 9.10. The topological polar surface area (TPSA) is 4.93 Å². The van der Waals surface area contributed by atoms with Gasteiger partial charge in [-0.2, -0.15) is 0 Å². The van der Waals surface area contributed by atoms with Gasteiger partial charge in [-0.25, -0.2) is 0 Å². The van der Waals surface area contributed by atoms with E-state index in [1.807, 2.05) is 23.5 Å². The Bertz CT molecular complexity index is 1970. The van der Waals surface area contributed by atoms with Crippen LogP contribution in [0.15, 0.2) is 161 Å². The molecule has 0 spiro atoms. The highest BCUT2D eigenvalue weighted by molar-refractivity contribution is 8.20. The van der Waals surface area contributed by atoms with Crippen molar-refractivity contribution >= 4 is 45.3 Å². The summed E-state index contributed by atoms with van der Waals surface area (Å²) in [5.41, 5.74) is 8.73. The lowest BCUT2D eigenvalue weighted by Crippen LogP contribution is -2.16. The summed E-state index contributed by atoms with van der Waals surface area (Å²) in [7, 11) is 0. The van der Waals surface area contributed by atoms with Gasteiger partial charge in [0.15, 0.2) is 0 Å². The molecule has 3 heteroatoms. The number of hydrogen-bond donors (Lipinski definition) is 0. The first-order valence-electron chi connectivity index (χ1n) is 13.5. The van der Waals surface area contributed by atoms with Crippen molar-refractivity contribution in [3.05, 3.63) is 163 Å². The average Bonchev–Trinajstić information content (AvgIpc) is 3.59. The van der Waals surface area contributed by atoms with Crippen LogP contribution in [0.4, 0.5) is 0 Å². The van der Waals surface area contributed by atoms with Gasteiger partial charge in [-0.3, -0.25) is 0 Å². The molecule has 0 radical (unpaired) electrons. The molecule has 7 aromatic rings. The van der Waals surface area contributed by atoms with Gasteiger partial charge in [-0.1, -0.05) is 133 Å². The van der Waals surface area contributed by atoms with E-state index in [0.717, 1.165) is 0 Å². The number of rotatable bonds is 4. The van der Waals surface area contributed by atoms with Crippen LogP contribution in [-0.4, -0.2) is 4.57 Å². The van der Waals surface area contributed by atoms with E-state index in [1.165, 1.54) is 59.5 Å². The Labute approximate surface area is 242 Å². The maximum Gasteiger partial charge on any atom is 0.120 e. The summed E-state index contributed by atoms with van der Waals surface area (Å²) in [5, 5.41) is 2.56. The van der Waals surface area contributed by atoms with Crippen LogP contribution in [0.5, 0.6) is 0 Å². The van der Waals surface area contributed by atoms with Gasteiger partial charge >= 0.3 is 0 Å². The van der Waals surface area contributed by atoms with Crippen molar-refractivity contribution in [2.45, 2.75) is 13.9 Å². The van der Waals surface area contributed by atoms with Gasteiger partial charge in [0.05, 0.1) is 11.0 Å². The van der Waals surface area contributed by atoms with Crippen LogP contribution in [0.2, 0.25) is 0 Å². The second-order valence-electron chi connectivity index (χ2n) is 10.1. The van der Waals surface area contributed by atoms with Crippen LogP contribution in [0, 0.1) is 0 Å². The van der Waals surface area contributed by atoms with E-state index >= 15 is 0 Å². The number of thioether (sulfide) groups is 2. The standard InChI is InChI=1S/C37H25NS2/c1-3-11-26(12-4-1)27-19-22-30(23-20-27)38-33-16-8-7-15-31(33)32-25-29(21-24-34(32)38)37(28-13-5-2-6-14-28)39-35-17-9-10-18-36(35)40-37/h1-25H. The Hall–Kier alpha value is -4.18. The Morgan fingerprint density at radius 2 is 1.00 bits per heavy atom. The number of hydrogen-bond acceptors (Lipinski definition) is 2. The maximum atomic E-state index is 2.44. The Morgan fingerprint density at radius 1 is 0.425 bits per heavy atom. The molecule has 0 amide bonds. The molecule has 0 atom stereocenters. The van der Waals surface area contributed by atoms with E-state index in [9.17, 15) is 0 Å². The monoisotopic (exact) mass is 547 g/mol. The normalized spacial score (nSPS) is 14.0. The minimum Gasteiger partial charge on any atom is -0.309 e. The molecular formula is C37H25NS2. The molecular weight excluding hydrogens is 523 g/mol. The predicted molar refractivity (Wildman–Crippen MR) is 172 cm³/mol. The molecule has 2 heterocycles. The molecule has 190 valence electrons. The van der Waals surface area contributed by atoms with E-state index in [-0.39, 0.29) is 4.08 Å². The zero-order valence-corrected chi connectivity index (χ0v) is 23.3. The average molecular weight is 548 g/mol. The SMILES string of the molecule is c1ccc(-c2ccc(-n3c4ccccc4c4cc(C5(c6ccccc6)Sc6ccccc6S5)ccc43)cc2)cc1. The van der Waals surface area contributed by atoms with Crippen molar-refractivity contribution < 1.29 is 0 Å². The fraction of sp³-hybridized carbons (Fsp3) is 0.0270. The van der Waals surface area contributed by atoms with Gasteiger partial charge in [-0.05, 0) is 64.7 Å². The molecule has 1 aliphatic heterocycles. The van der Waals surface area contributed by atoms with Crippen LogP contribution in [0.3, 0.4) is 0 Å². The van der Waals surface area contributed by atoms with Crippen LogP contribution >= 0.6 is 23.5 Å². The largest absolute Gasteiger partial charge is 0.309 e. The first-order valence-corrected chi connectivity index (χ1v) is 15.2. The number of para-hydroxylation sites is 1. The Kier molecular flexibility index (Phi) is 5.61. The van der Waals surface area contributed by atoms with E-state index in [4.69, 9.17) is 0 Å². The molecule has 0 unspecified atom stereocenters. The zero-order valence-electron chi connectivity index (χ0n) is 21.7. The summed E-state index contributed by atoms with van der Waals surface area (Å²) < 4.78 is 2.17. The van der Waals surface area contributed by atoms with Gasteiger partial charge in [0.2, 0.25) is 0 Å². The Balaban J connectivity index is 1.31. The molecule has 1 nitrogen and oxygen atoms in total.